The van der Waals surface area contributed by atoms with Crippen LogP contribution in [-0.4, -0.2) is 30.3 Å². The van der Waals surface area contributed by atoms with Gasteiger partial charge in [0.05, 0.1) is 23.1 Å². The Labute approximate surface area is 193 Å². The van der Waals surface area contributed by atoms with E-state index in [2.05, 4.69) is 12.2 Å². The summed E-state index contributed by atoms with van der Waals surface area (Å²) in [5, 5.41) is 2.72. The molecule has 1 aliphatic carbocycles. The first-order chi connectivity index (χ1) is 15.7. The van der Waals surface area contributed by atoms with Crippen LogP contribution in [0, 0.1) is 31.6 Å². The molecule has 7 heteroatoms. The fourth-order valence-electron chi connectivity index (χ4n) is 4.87. The number of nitrogens with zero attached hydrogens (tertiary/aromatic N) is 1. The lowest BCUT2D eigenvalue weighted by molar-refractivity contribution is -0.122. The van der Waals surface area contributed by atoms with Crippen molar-refractivity contribution < 1.29 is 23.9 Å². The van der Waals surface area contributed by atoms with Crippen molar-refractivity contribution >= 4 is 35.1 Å². The molecule has 1 N–H and O–H groups in total. The zero-order valence-corrected chi connectivity index (χ0v) is 19.1. The number of esters is 1. The van der Waals surface area contributed by atoms with E-state index in [1.54, 1.807) is 12.1 Å². The fraction of sp³-hybridized carbons (Fsp3) is 0.385. The molecule has 0 spiro atoms. The quantitative estimate of drug-likeness (QED) is 0.551. The van der Waals surface area contributed by atoms with E-state index in [0.29, 0.717) is 30.1 Å². The minimum absolute atomic E-state index is 0.176. The molecule has 1 heterocycles. The van der Waals surface area contributed by atoms with Gasteiger partial charge in [0.2, 0.25) is 11.8 Å². The maximum atomic E-state index is 12.9. The second-order valence-corrected chi connectivity index (χ2v) is 9.19. The normalized spacial score (nSPS) is 22.2. The maximum Gasteiger partial charge on any atom is 0.338 e. The van der Waals surface area contributed by atoms with Gasteiger partial charge in [-0.25, -0.2) is 4.79 Å². The third kappa shape index (κ3) is 4.82. The van der Waals surface area contributed by atoms with E-state index in [9.17, 15) is 19.2 Å². The van der Waals surface area contributed by atoms with Gasteiger partial charge in [-0.05, 0) is 80.5 Å². The van der Waals surface area contributed by atoms with Gasteiger partial charge in [-0.15, -0.1) is 0 Å². The number of rotatable bonds is 5. The highest BCUT2D eigenvalue weighted by Gasteiger charge is 2.50. The molecular weight excluding hydrogens is 420 g/mol. The predicted molar refractivity (Wildman–Crippen MR) is 124 cm³/mol. The Balaban J connectivity index is 1.41. The third-order valence-corrected chi connectivity index (χ3v) is 6.37. The second kappa shape index (κ2) is 9.17. The first kappa shape index (κ1) is 22.7. The number of fused-ring (bicyclic) bond motifs is 1. The molecule has 4 rings (SSSR count). The van der Waals surface area contributed by atoms with E-state index in [1.165, 1.54) is 17.0 Å². The highest BCUT2D eigenvalue weighted by Crippen LogP contribution is 2.42. The van der Waals surface area contributed by atoms with Gasteiger partial charge in [-0.3, -0.25) is 19.3 Å². The van der Waals surface area contributed by atoms with E-state index in [0.717, 1.165) is 17.5 Å². The molecule has 0 unspecified atom stereocenters. The first-order valence-corrected chi connectivity index (χ1v) is 11.3. The van der Waals surface area contributed by atoms with Crippen LogP contribution in [0.25, 0.3) is 0 Å². The first-order valence-electron chi connectivity index (χ1n) is 11.3. The summed E-state index contributed by atoms with van der Waals surface area (Å²) < 4.78 is 5.16. The summed E-state index contributed by atoms with van der Waals surface area (Å²) in [4.78, 5) is 51.8. The van der Waals surface area contributed by atoms with Gasteiger partial charge in [0.1, 0.15) is 0 Å². The van der Waals surface area contributed by atoms with Crippen LogP contribution < -0.4 is 10.2 Å². The minimum Gasteiger partial charge on any atom is -0.452 e. The number of aryl methyl sites for hydroxylation is 2. The molecule has 2 aromatic rings. The van der Waals surface area contributed by atoms with Crippen LogP contribution in [0.4, 0.5) is 11.4 Å². The Bertz CT molecular complexity index is 1110. The lowest BCUT2D eigenvalue weighted by Crippen LogP contribution is -2.31. The number of hydrogen-bond acceptors (Lipinski definition) is 5. The molecule has 7 nitrogen and oxygen atoms in total. The smallest absolute Gasteiger partial charge is 0.338 e. The Morgan fingerprint density at radius 3 is 2.42 bits per heavy atom. The monoisotopic (exact) mass is 448 g/mol. The molecule has 1 aliphatic heterocycles. The largest absolute Gasteiger partial charge is 0.452 e. The van der Waals surface area contributed by atoms with Crippen LogP contribution >= 0.6 is 0 Å². The molecule has 3 atom stereocenters. The number of hydrogen-bond donors (Lipinski definition) is 1. The van der Waals surface area contributed by atoms with E-state index < -0.39 is 18.5 Å². The van der Waals surface area contributed by atoms with Crippen molar-refractivity contribution in [3.8, 4) is 0 Å². The average molecular weight is 449 g/mol. The Kier molecular flexibility index (Phi) is 6.31. The molecule has 0 bridgehead atoms. The van der Waals surface area contributed by atoms with Gasteiger partial charge in [-0.1, -0.05) is 19.1 Å². The van der Waals surface area contributed by atoms with Crippen LogP contribution in [0.3, 0.4) is 0 Å². The summed E-state index contributed by atoms with van der Waals surface area (Å²) in [5.41, 5.74) is 3.20. The minimum atomic E-state index is -0.697. The van der Waals surface area contributed by atoms with Crippen LogP contribution in [0.15, 0.2) is 42.5 Å². The van der Waals surface area contributed by atoms with Crippen molar-refractivity contribution in [2.24, 2.45) is 17.8 Å². The molecule has 172 valence electrons. The number of benzene rings is 2. The number of amides is 3. The summed E-state index contributed by atoms with van der Waals surface area (Å²) in [6.07, 6.45) is 2.36. The zero-order chi connectivity index (χ0) is 23.7. The fourth-order valence-corrected chi connectivity index (χ4v) is 4.87. The predicted octanol–water partition coefficient (Wildman–Crippen LogP) is 4.02. The molecule has 3 amide bonds. The van der Waals surface area contributed by atoms with Gasteiger partial charge >= 0.3 is 5.97 Å². The Morgan fingerprint density at radius 1 is 1.00 bits per heavy atom. The van der Waals surface area contributed by atoms with Crippen molar-refractivity contribution in [3.05, 3.63) is 59.2 Å². The lowest BCUT2D eigenvalue weighted by Gasteiger charge is -2.25. The van der Waals surface area contributed by atoms with Gasteiger partial charge < -0.3 is 10.1 Å². The summed E-state index contributed by atoms with van der Waals surface area (Å²) in [6, 6.07) is 11.9. The molecule has 33 heavy (non-hydrogen) atoms. The number of anilines is 2. The lowest BCUT2D eigenvalue weighted by atomic mass is 9.76. The second-order valence-electron chi connectivity index (χ2n) is 9.19. The molecular formula is C26H28N2O5. The molecule has 0 aromatic heterocycles. The van der Waals surface area contributed by atoms with Gasteiger partial charge in [0.25, 0.3) is 5.91 Å². The summed E-state index contributed by atoms with van der Waals surface area (Å²) >= 11 is 0. The highest BCUT2D eigenvalue weighted by molar-refractivity contribution is 6.22. The van der Waals surface area contributed by atoms with Crippen molar-refractivity contribution in [3.63, 3.8) is 0 Å². The van der Waals surface area contributed by atoms with Crippen molar-refractivity contribution in [1.29, 1.82) is 0 Å². The topological polar surface area (TPSA) is 92.8 Å². The van der Waals surface area contributed by atoms with Crippen molar-refractivity contribution in [1.82, 2.24) is 0 Å². The highest BCUT2D eigenvalue weighted by atomic mass is 16.5. The average Bonchev–Trinajstić information content (AvgIpc) is 3.00. The van der Waals surface area contributed by atoms with Crippen molar-refractivity contribution in [2.75, 3.05) is 16.8 Å². The third-order valence-electron chi connectivity index (χ3n) is 6.37. The van der Waals surface area contributed by atoms with Gasteiger partial charge in [-0.2, -0.15) is 0 Å². The summed E-state index contributed by atoms with van der Waals surface area (Å²) in [7, 11) is 0. The Morgan fingerprint density at radius 2 is 1.70 bits per heavy atom. The van der Waals surface area contributed by atoms with Crippen LogP contribution in [0.1, 0.15) is 47.7 Å². The van der Waals surface area contributed by atoms with E-state index in [4.69, 9.17) is 4.74 Å². The summed E-state index contributed by atoms with van der Waals surface area (Å²) in [6.45, 7) is 5.52. The summed E-state index contributed by atoms with van der Waals surface area (Å²) in [5.74, 6) is -1.70. The number of carbonyl (C=O) groups is 4. The van der Waals surface area contributed by atoms with Gasteiger partial charge in [0, 0.05) is 5.69 Å². The van der Waals surface area contributed by atoms with Crippen LogP contribution in [0.5, 0.6) is 0 Å². The zero-order valence-electron chi connectivity index (χ0n) is 19.1. The molecule has 2 fully saturated rings. The molecule has 0 radical (unpaired) electrons. The van der Waals surface area contributed by atoms with E-state index in [1.807, 2.05) is 32.0 Å². The molecule has 2 aromatic carbocycles. The number of nitrogens with one attached hydrogen (secondary N) is 1. The SMILES string of the molecule is Cc1cc(C)cc(NC(=O)COC(=O)c2cccc(N3C(=O)[C@@H]4CC[C@@H](C)C[C@H]4C3=O)c2)c1. The molecule has 2 aliphatic rings. The molecule has 1 saturated carbocycles. The van der Waals surface area contributed by atoms with E-state index in [-0.39, 0.29) is 29.2 Å². The van der Waals surface area contributed by atoms with Crippen molar-refractivity contribution in [2.45, 2.75) is 40.0 Å². The number of ether oxygens (including phenoxy) is 1. The van der Waals surface area contributed by atoms with Crippen LogP contribution in [-0.2, 0) is 19.1 Å². The number of imide groups is 1. The maximum absolute atomic E-state index is 12.9. The van der Waals surface area contributed by atoms with Gasteiger partial charge in [0.15, 0.2) is 6.61 Å². The Hall–Kier alpha value is -3.48. The van der Waals surface area contributed by atoms with Crippen LogP contribution in [0.2, 0.25) is 0 Å². The standard InChI is InChI=1S/C26H28N2O5/c1-15-7-8-21-22(12-15)25(31)28(24(21)30)20-6-4-5-18(13-20)26(32)33-14-23(29)27-19-10-16(2)9-17(3)11-19/h4-6,9-11,13,15,21-22H,7-8,12,14H2,1-3H3,(H,27,29)/t15-,21-,22-/m1/s1. The number of carbonyl (C=O) groups excluding carboxylic acids is 4. The molecule has 1 saturated heterocycles. The van der Waals surface area contributed by atoms with E-state index >= 15 is 0 Å².